The Balaban J connectivity index is 2.46. The van der Waals surface area contributed by atoms with Crippen LogP contribution in [-0.2, 0) is 13.2 Å². The molecule has 0 bridgehead atoms. The second-order valence-corrected chi connectivity index (χ2v) is 4.67. The topological polar surface area (TPSA) is 58.3 Å². The molecule has 1 aromatic carbocycles. The fourth-order valence-corrected chi connectivity index (χ4v) is 1.71. The Bertz CT molecular complexity index is 497. The van der Waals surface area contributed by atoms with Crippen LogP contribution in [0.2, 0.25) is 0 Å². The molecule has 86 valence electrons. The Morgan fingerprint density at radius 2 is 2.12 bits per heavy atom. The molecule has 2 N–H and O–H groups in total. The average molecular weight is 220 g/mol. The van der Waals surface area contributed by atoms with Crippen LogP contribution in [0.25, 0.3) is 10.9 Å². The van der Waals surface area contributed by atoms with Crippen molar-refractivity contribution in [1.29, 1.82) is 0 Å². The maximum Gasteiger partial charge on any atom is 0.0787 e. The van der Waals surface area contributed by atoms with Crippen molar-refractivity contribution < 1.29 is 10.2 Å². The fourth-order valence-electron chi connectivity index (χ4n) is 1.71. The zero-order chi connectivity index (χ0) is 11.8. The first-order valence-corrected chi connectivity index (χ1v) is 5.27. The van der Waals surface area contributed by atoms with Crippen molar-refractivity contribution in [2.45, 2.75) is 32.6 Å². The summed E-state index contributed by atoms with van der Waals surface area (Å²) in [5.74, 6) is 0. The Morgan fingerprint density at radius 1 is 1.38 bits per heavy atom. The van der Waals surface area contributed by atoms with Crippen LogP contribution in [-0.4, -0.2) is 25.6 Å². The van der Waals surface area contributed by atoms with Gasteiger partial charge in [0.05, 0.1) is 30.5 Å². The van der Waals surface area contributed by atoms with Crippen molar-refractivity contribution >= 4 is 10.9 Å². The minimum absolute atomic E-state index is 0.0175. The van der Waals surface area contributed by atoms with E-state index in [9.17, 15) is 5.11 Å². The molecule has 0 aliphatic carbocycles. The summed E-state index contributed by atoms with van der Waals surface area (Å²) in [6.07, 6.45) is 1.77. The molecule has 2 rings (SSSR count). The summed E-state index contributed by atoms with van der Waals surface area (Å²) in [7, 11) is 0. The van der Waals surface area contributed by atoms with Gasteiger partial charge in [-0.05, 0) is 25.5 Å². The third-order valence-corrected chi connectivity index (χ3v) is 2.43. The van der Waals surface area contributed by atoms with Gasteiger partial charge in [0.25, 0.3) is 0 Å². The molecule has 1 heterocycles. The number of benzene rings is 1. The Hall–Kier alpha value is -1.39. The van der Waals surface area contributed by atoms with Gasteiger partial charge < -0.3 is 10.2 Å². The van der Waals surface area contributed by atoms with E-state index in [1.807, 2.05) is 18.2 Å². The van der Waals surface area contributed by atoms with Crippen LogP contribution >= 0.6 is 0 Å². The van der Waals surface area contributed by atoms with Crippen LogP contribution in [0.5, 0.6) is 0 Å². The summed E-state index contributed by atoms with van der Waals surface area (Å²) in [4.78, 5) is 0. The number of aliphatic hydroxyl groups excluding tert-OH is 1. The van der Waals surface area contributed by atoms with Gasteiger partial charge in [-0.25, -0.2) is 0 Å². The molecular weight excluding hydrogens is 204 g/mol. The highest BCUT2D eigenvalue weighted by Gasteiger charge is 2.15. The smallest absolute Gasteiger partial charge is 0.0787 e. The van der Waals surface area contributed by atoms with Crippen LogP contribution < -0.4 is 0 Å². The maximum absolute atomic E-state index is 9.77. The zero-order valence-corrected chi connectivity index (χ0v) is 9.51. The number of hydrogen-bond donors (Lipinski definition) is 2. The predicted octanol–water partition coefficient (Wildman–Crippen LogP) is 1.30. The minimum atomic E-state index is -0.797. The summed E-state index contributed by atoms with van der Waals surface area (Å²) in [6, 6.07) is 5.70. The fraction of sp³-hybridized carbons (Fsp3) is 0.417. The summed E-state index contributed by atoms with van der Waals surface area (Å²) < 4.78 is 1.76. The number of fused-ring (bicyclic) bond motifs is 1. The van der Waals surface area contributed by atoms with E-state index in [0.29, 0.717) is 6.54 Å². The van der Waals surface area contributed by atoms with E-state index in [1.165, 1.54) is 0 Å². The highest BCUT2D eigenvalue weighted by Crippen LogP contribution is 2.18. The Kier molecular flexibility index (Phi) is 2.69. The first-order valence-electron chi connectivity index (χ1n) is 5.27. The number of hydrogen-bond acceptors (Lipinski definition) is 3. The van der Waals surface area contributed by atoms with Crippen molar-refractivity contribution in [3.63, 3.8) is 0 Å². The molecule has 1 aromatic heterocycles. The van der Waals surface area contributed by atoms with E-state index in [2.05, 4.69) is 5.10 Å². The standard InChI is InChI=1S/C12H16N2O2/c1-12(2,16)8-14-11-5-9(7-15)3-4-10(11)6-13-14/h3-6,15-16H,7-8H2,1-2H3. The van der Waals surface area contributed by atoms with Gasteiger partial charge in [-0.2, -0.15) is 5.10 Å². The highest BCUT2D eigenvalue weighted by molar-refractivity contribution is 5.79. The van der Waals surface area contributed by atoms with Gasteiger partial charge in [0.15, 0.2) is 0 Å². The molecule has 0 saturated heterocycles. The zero-order valence-electron chi connectivity index (χ0n) is 9.51. The summed E-state index contributed by atoms with van der Waals surface area (Å²) in [5.41, 5.74) is 0.993. The molecule has 2 aromatic rings. The lowest BCUT2D eigenvalue weighted by Gasteiger charge is -2.17. The third kappa shape index (κ3) is 2.23. The third-order valence-electron chi connectivity index (χ3n) is 2.43. The van der Waals surface area contributed by atoms with Gasteiger partial charge in [-0.15, -0.1) is 0 Å². The van der Waals surface area contributed by atoms with Crippen molar-refractivity contribution in [2.24, 2.45) is 0 Å². The second kappa shape index (κ2) is 3.88. The van der Waals surface area contributed by atoms with E-state index >= 15 is 0 Å². The van der Waals surface area contributed by atoms with Crippen LogP contribution in [0.3, 0.4) is 0 Å². The number of rotatable bonds is 3. The van der Waals surface area contributed by atoms with Crippen molar-refractivity contribution in [3.05, 3.63) is 30.0 Å². The quantitative estimate of drug-likeness (QED) is 0.819. The molecule has 0 saturated carbocycles. The number of nitrogens with zero attached hydrogens (tertiary/aromatic N) is 2. The predicted molar refractivity (Wildman–Crippen MR) is 62.0 cm³/mol. The van der Waals surface area contributed by atoms with E-state index in [4.69, 9.17) is 5.11 Å². The van der Waals surface area contributed by atoms with E-state index < -0.39 is 5.60 Å². The largest absolute Gasteiger partial charge is 0.392 e. The van der Waals surface area contributed by atoms with Crippen LogP contribution in [0.1, 0.15) is 19.4 Å². The molecular formula is C12H16N2O2. The Labute approximate surface area is 94.1 Å². The van der Waals surface area contributed by atoms with E-state index in [-0.39, 0.29) is 6.61 Å². The second-order valence-electron chi connectivity index (χ2n) is 4.67. The molecule has 0 spiro atoms. The normalized spacial score (nSPS) is 12.2. The lowest BCUT2D eigenvalue weighted by molar-refractivity contribution is 0.0591. The van der Waals surface area contributed by atoms with Crippen LogP contribution in [0.15, 0.2) is 24.4 Å². The molecule has 0 aliphatic heterocycles. The van der Waals surface area contributed by atoms with Crippen molar-refractivity contribution in [3.8, 4) is 0 Å². The summed E-state index contributed by atoms with van der Waals surface area (Å²) in [6.45, 7) is 3.95. The molecule has 4 nitrogen and oxygen atoms in total. The first kappa shape index (κ1) is 11.1. The highest BCUT2D eigenvalue weighted by atomic mass is 16.3. The molecule has 0 unspecified atom stereocenters. The molecule has 0 fully saturated rings. The van der Waals surface area contributed by atoms with Crippen LogP contribution in [0, 0.1) is 0 Å². The van der Waals surface area contributed by atoms with E-state index in [0.717, 1.165) is 16.5 Å². The van der Waals surface area contributed by atoms with Crippen molar-refractivity contribution in [2.75, 3.05) is 0 Å². The van der Waals surface area contributed by atoms with Gasteiger partial charge >= 0.3 is 0 Å². The lowest BCUT2D eigenvalue weighted by atomic mass is 10.1. The maximum atomic E-state index is 9.77. The average Bonchev–Trinajstić information content (AvgIpc) is 2.58. The molecule has 16 heavy (non-hydrogen) atoms. The summed E-state index contributed by atoms with van der Waals surface area (Å²) >= 11 is 0. The summed E-state index contributed by atoms with van der Waals surface area (Å²) in [5, 5.41) is 24.1. The first-order chi connectivity index (χ1) is 7.49. The lowest BCUT2D eigenvalue weighted by Crippen LogP contribution is -2.26. The number of aromatic nitrogens is 2. The Morgan fingerprint density at radius 3 is 2.75 bits per heavy atom. The van der Waals surface area contributed by atoms with Gasteiger partial charge in [0.2, 0.25) is 0 Å². The number of aliphatic hydroxyl groups is 2. The van der Waals surface area contributed by atoms with Crippen LogP contribution in [0.4, 0.5) is 0 Å². The molecule has 0 aliphatic rings. The van der Waals surface area contributed by atoms with Gasteiger partial charge in [-0.3, -0.25) is 4.68 Å². The minimum Gasteiger partial charge on any atom is -0.392 e. The SMILES string of the molecule is CC(C)(O)Cn1ncc2ccc(CO)cc21. The molecule has 0 amide bonds. The van der Waals surface area contributed by atoms with Gasteiger partial charge in [0.1, 0.15) is 0 Å². The van der Waals surface area contributed by atoms with Gasteiger partial charge in [-0.1, -0.05) is 12.1 Å². The van der Waals surface area contributed by atoms with Gasteiger partial charge in [0, 0.05) is 5.39 Å². The van der Waals surface area contributed by atoms with E-state index in [1.54, 1.807) is 24.7 Å². The molecule has 0 radical (unpaired) electrons. The molecule has 4 heteroatoms. The van der Waals surface area contributed by atoms with Crippen molar-refractivity contribution in [1.82, 2.24) is 9.78 Å². The monoisotopic (exact) mass is 220 g/mol. The molecule has 0 atom stereocenters.